The Hall–Kier alpha value is -2.15. The van der Waals surface area contributed by atoms with Crippen LogP contribution in [0.25, 0.3) is 0 Å². The Morgan fingerprint density at radius 3 is 2.31 bits per heavy atom. The van der Waals surface area contributed by atoms with Crippen LogP contribution < -0.4 is 4.90 Å². The molecule has 0 spiro atoms. The minimum Gasteiger partial charge on any atom is -0.274 e. The van der Waals surface area contributed by atoms with Gasteiger partial charge >= 0.3 is 0 Å². The Kier molecular flexibility index (Phi) is 3.78. The topological polar surface area (TPSA) is 61.2 Å². The van der Waals surface area contributed by atoms with Crippen LogP contribution in [-0.2, 0) is 16.0 Å². The molecule has 1 rings (SSSR count). The number of anilines is 1. The zero-order chi connectivity index (χ0) is 12.1. The van der Waals surface area contributed by atoms with Gasteiger partial charge in [0.25, 0.3) is 0 Å². The first-order valence-electron chi connectivity index (χ1n) is 4.84. The number of nitrogens with zero attached hydrogens (tertiary/aromatic N) is 2. The summed E-state index contributed by atoms with van der Waals surface area (Å²) in [6.07, 6.45) is 0.174. The fraction of sp³-hybridized carbons (Fsp3) is 0.250. The molecule has 0 unspecified atom stereocenters. The van der Waals surface area contributed by atoms with Crippen LogP contribution in [0.1, 0.15) is 19.4 Å². The van der Waals surface area contributed by atoms with Gasteiger partial charge in [-0.25, -0.2) is 0 Å². The molecule has 0 saturated heterocycles. The Morgan fingerprint density at radius 1 is 1.25 bits per heavy atom. The third-order valence-corrected chi connectivity index (χ3v) is 2.13. The van der Waals surface area contributed by atoms with E-state index in [2.05, 4.69) is 0 Å². The average molecular weight is 216 g/mol. The molecule has 16 heavy (non-hydrogen) atoms. The largest absolute Gasteiger partial charge is 0.274 e. The predicted molar refractivity (Wildman–Crippen MR) is 59.6 cm³/mol. The second-order valence-electron chi connectivity index (χ2n) is 3.34. The number of para-hydroxylation sites is 1. The molecule has 0 fully saturated rings. The van der Waals surface area contributed by atoms with Gasteiger partial charge in [-0.2, -0.15) is 5.26 Å². The van der Waals surface area contributed by atoms with Crippen molar-refractivity contribution in [1.29, 1.82) is 5.26 Å². The standard InChI is InChI=1S/C12H12N2O2/c1-9(15)14(10(2)16)12-6-4-3-5-11(12)7-8-13/h3-6H,7H2,1-2H3. The van der Waals surface area contributed by atoms with E-state index in [-0.39, 0.29) is 18.2 Å². The summed E-state index contributed by atoms with van der Waals surface area (Å²) in [5, 5.41) is 8.66. The molecule has 0 aliphatic heterocycles. The Morgan fingerprint density at radius 2 is 1.81 bits per heavy atom. The highest BCUT2D eigenvalue weighted by molar-refractivity contribution is 6.13. The molecule has 0 radical (unpaired) electrons. The molecule has 0 N–H and O–H groups in total. The summed E-state index contributed by atoms with van der Waals surface area (Å²) < 4.78 is 0. The summed E-state index contributed by atoms with van der Waals surface area (Å²) >= 11 is 0. The third kappa shape index (κ3) is 2.45. The number of nitriles is 1. The van der Waals surface area contributed by atoms with Gasteiger partial charge in [-0.15, -0.1) is 0 Å². The number of benzene rings is 1. The van der Waals surface area contributed by atoms with E-state index in [1.807, 2.05) is 6.07 Å². The van der Waals surface area contributed by atoms with E-state index >= 15 is 0 Å². The molecular formula is C12H12N2O2. The number of imide groups is 1. The molecule has 1 aromatic carbocycles. The Balaban J connectivity index is 3.24. The van der Waals surface area contributed by atoms with Crippen LogP contribution in [0.4, 0.5) is 5.69 Å². The van der Waals surface area contributed by atoms with Gasteiger partial charge in [0.1, 0.15) is 0 Å². The Labute approximate surface area is 94.1 Å². The highest BCUT2D eigenvalue weighted by Crippen LogP contribution is 2.21. The SMILES string of the molecule is CC(=O)N(C(C)=O)c1ccccc1CC#N. The van der Waals surface area contributed by atoms with Crippen LogP contribution in [0.2, 0.25) is 0 Å². The maximum Gasteiger partial charge on any atom is 0.230 e. The molecule has 4 nitrogen and oxygen atoms in total. The van der Waals surface area contributed by atoms with E-state index in [9.17, 15) is 9.59 Å². The number of hydrogen-bond acceptors (Lipinski definition) is 3. The molecule has 0 atom stereocenters. The first kappa shape index (κ1) is 11.9. The molecular weight excluding hydrogens is 204 g/mol. The summed E-state index contributed by atoms with van der Waals surface area (Å²) in [4.78, 5) is 23.8. The van der Waals surface area contributed by atoms with Gasteiger partial charge in [-0.1, -0.05) is 18.2 Å². The van der Waals surface area contributed by atoms with Crippen molar-refractivity contribution in [3.8, 4) is 6.07 Å². The van der Waals surface area contributed by atoms with Crippen LogP contribution in [0.5, 0.6) is 0 Å². The van der Waals surface area contributed by atoms with Crippen molar-refractivity contribution in [1.82, 2.24) is 0 Å². The van der Waals surface area contributed by atoms with Gasteiger partial charge in [0.15, 0.2) is 0 Å². The molecule has 0 bridgehead atoms. The van der Waals surface area contributed by atoms with E-state index in [0.717, 1.165) is 4.90 Å². The summed E-state index contributed by atoms with van der Waals surface area (Å²) in [5.74, 6) is -0.698. The van der Waals surface area contributed by atoms with Crippen molar-refractivity contribution < 1.29 is 9.59 Å². The molecule has 2 amide bonds. The van der Waals surface area contributed by atoms with E-state index in [1.165, 1.54) is 13.8 Å². The third-order valence-electron chi connectivity index (χ3n) is 2.13. The van der Waals surface area contributed by atoms with Crippen LogP contribution >= 0.6 is 0 Å². The summed E-state index contributed by atoms with van der Waals surface area (Å²) in [6, 6.07) is 8.91. The Bertz CT molecular complexity index is 446. The zero-order valence-corrected chi connectivity index (χ0v) is 9.23. The summed E-state index contributed by atoms with van der Waals surface area (Å²) in [6.45, 7) is 2.65. The number of hydrogen-bond donors (Lipinski definition) is 0. The van der Waals surface area contributed by atoms with E-state index < -0.39 is 0 Å². The van der Waals surface area contributed by atoms with Crippen molar-refractivity contribution in [3.63, 3.8) is 0 Å². The number of carbonyl (C=O) groups excluding carboxylic acids is 2. The quantitative estimate of drug-likeness (QED) is 0.755. The van der Waals surface area contributed by atoms with Crippen LogP contribution in [0.3, 0.4) is 0 Å². The monoisotopic (exact) mass is 216 g/mol. The van der Waals surface area contributed by atoms with E-state index in [0.29, 0.717) is 11.3 Å². The fourth-order valence-electron chi connectivity index (χ4n) is 1.52. The van der Waals surface area contributed by atoms with Crippen molar-refractivity contribution in [3.05, 3.63) is 29.8 Å². The normalized spacial score (nSPS) is 9.31. The molecule has 0 aromatic heterocycles. The van der Waals surface area contributed by atoms with Crippen LogP contribution in [0, 0.1) is 11.3 Å². The van der Waals surface area contributed by atoms with Crippen LogP contribution in [-0.4, -0.2) is 11.8 Å². The van der Waals surface area contributed by atoms with Crippen LogP contribution in [0.15, 0.2) is 24.3 Å². The lowest BCUT2D eigenvalue weighted by Crippen LogP contribution is -2.33. The molecule has 4 heteroatoms. The molecule has 0 saturated carbocycles. The van der Waals surface area contributed by atoms with Crippen molar-refractivity contribution in [2.24, 2.45) is 0 Å². The van der Waals surface area contributed by atoms with E-state index in [4.69, 9.17) is 5.26 Å². The zero-order valence-electron chi connectivity index (χ0n) is 9.23. The fourth-order valence-corrected chi connectivity index (χ4v) is 1.52. The lowest BCUT2D eigenvalue weighted by atomic mass is 10.1. The van der Waals surface area contributed by atoms with Gasteiger partial charge < -0.3 is 0 Å². The summed E-state index contributed by atoms with van der Waals surface area (Å²) in [7, 11) is 0. The molecule has 0 aliphatic rings. The highest BCUT2D eigenvalue weighted by atomic mass is 16.2. The maximum atomic E-state index is 11.4. The predicted octanol–water partition coefficient (Wildman–Crippen LogP) is 1.65. The lowest BCUT2D eigenvalue weighted by Gasteiger charge is -2.19. The van der Waals surface area contributed by atoms with Crippen molar-refractivity contribution in [2.45, 2.75) is 20.3 Å². The number of amides is 2. The smallest absolute Gasteiger partial charge is 0.230 e. The average Bonchev–Trinajstić information content (AvgIpc) is 2.20. The lowest BCUT2D eigenvalue weighted by molar-refractivity contribution is -0.124. The molecule has 1 aromatic rings. The first-order valence-corrected chi connectivity index (χ1v) is 4.84. The number of rotatable bonds is 2. The van der Waals surface area contributed by atoms with E-state index in [1.54, 1.807) is 24.3 Å². The molecule has 0 heterocycles. The minimum absolute atomic E-state index is 0.174. The number of carbonyl (C=O) groups is 2. The highest BCUT2D eigenvalue weighted by Gasteiger charge is 2.18. The van der Waals surface area contributed by atoms with Gasteiger partial charge in [-0.05, 0) is 11.6 Å². The molecule has 82 valence electrons. The second-order valence-corrected chi connectivity index (χ2v) is 3.34. The minimum atomic E-state index is -0.349. The van der Waals surface area contributed by atoms with Gasteiger partial charge in [-0.3, -0.25) is 14.5 Å². The first-order chi connectivity index (χ1) is 7.57. The second kappa shape index (κ2) is 5.08. The van der Waals surface area contributed by atoms with Gasteiger partial charge in [0.05, 0.1) is 18.2 Å². The maximum absolute atomic E-state index is 11.4. The van der Waals surface area contributed by atoms with Crippen molar-refractivity contribution in [2.75, 3.05) is 4.90 Å². The molecule has 0 aliphatic carbocycles. The summed E-state index contributed by atoms with van der Waals surface area (Å²) in [5.41, 5.74) is 1.17. The van der Waals surface area contributed by atoms with Crippen molar-refractivity contribution >= 4 is 17.5 Å². The van der Waals surface area contributed by atoms with Gasteiger partial charge in [0, 0.05) is 13.8 Å². The van der Waals surface area contributed by atoms with Gasteiger partial charge in [0.2, 0.25) is 11.8 Å².